The van der Waals surface area contributed by atoms with Crippen LogP contribution in [0.4, 0.5) is 11.4 Å². The molecule has 1 aliphatic rings. The maximum Gasteiger partial charge on any atom is 0.273 e. The number of carbonyl (C=O) groups excluding carboxylic acids is 3. The van der Waals surface area contributed by atoms with Gasteiger partial charge in [0.15, 0.2) is 5.69 Å². The monoisotopic (exact) mass is 553 g/mol. The second-order valence-corrected chi connectivity index (χ2v) is 9.57. The van der Waals surface area contributed by atoms with E-state index in [-0.39, 0.29) is 22.4 Å². The molecular weight excluding hydrogens is 522 g/mol. The lowest BCUT2D eigenvalue weighted by Crippen LogP contribution is -2.45. The van der Waals surface area contributed by atoms with Gasteiger partial charge in [-0.2, -0.15) is 4.37 Å². The van der Waals surface area contributed by atoms with Crippen LogP contribution in [0.15, 0.2) is 48.5 Å². The van der Waals surface area contributed by atoms with Gasteiger partial charge in [-0.15, -0.1) is 0 Å². The maximum absolute atomic E-state index is 14.1. The summed E-state index contributed by atoms with van der Waals surface area (Å²) in [5, 5.41) is 2.95. The molecule has 5 N–H and O–H groups in total. The van der Waals surface area contributed by atoms with Crippen LogP contribution in [-0.2, 0) is 9.53 Å². The Bertz CT molecular complexity index is 1320. The molecule has 1 aliphatic heterocycles. The van der Waals surface area contributed by atoms with Crippen LogP contribution in [0.5, 0.6) is 11.5 Å². The third kappa shape index (κ3) is 6.29. The number of benzene rings is 2. The molecule has 0 aliphatic carbocycles. The number of carbonyl (C=O) groups is 3. The first-order valence-electron chi connectivity index (χ1n) is 12.5. The van der Waals surface area contributed by atoms with Gasteiger partial charge in [-0.25, -0.2) is 0 Å². The Kier molecular flexibility index (Phi) is 8.99. The average molecular weight is 554 g/mol. The number of amides is 3. The van der Waals surface area contributed by atoms with Crippen LogP contribution >= 0.6 is 11.5 Å². The molecule has 0 radical (unpaired) electrons. The zero-order valence-corrected chi connectivity index (χ0v) is 22.5. The molecule has 2 atom stereocenters. The second kappa shape index (κ2) is 12.6. The normalized spacial score (nSPS) is 15.4. The van der Waals surface area contributed by atoms with Gasteiger partial charge in [-0.05, 0) is 61.1 Å². The minimum atomic E-state index is -1.12. The van der Waals surface area contributed by atoms with Gasteiger partial charge >= 0.3 is 0 Å². The van der Waals surface area contributed by atoms with Crippen molar-refractivity contribution in [1.82, 2.24) is 9.69 Å². The summed E-state index contributed by atoms with van der Waals surface area (Å²) in [6.45, 7) is 3.29. The largest absolute Gasteiger partial charge is 0.497 e. The number of methoxy groups -OCH3 is 1. The van der Waals surface area contributed by atoms with Crippen LogP contribution in [0, 0.1) is 0 Å². The van der Waals surface area contributed by atoms with E-state index in [1.807, 2.05) is 6.92 Å². The lowest BCUT2D eigenvalue weighted by molar-refractivity contribution is -0.123. The van der Waals surface area contributed by atoms with Crippen LogP contribution in [0.25, 0.3) is 0 Å². The fourth-order valence-corrected chi connectivity index (χ4v) is 5.07. The molecule has 206 valence electrons. The summed E-state index contributed by atoms with van der Waals surface area (Å²) >= 11 is 0.743. The molecule has 39 heavy (non-hydrogen) atoms. The quantitative estimate of drug-likeness (QED) is 0.327. The van der Waals surface area contributed by atoms with E-state index >= 15 is 0 Å². The smallest absolute Gasteiger partial charge is 0.273 e. The molecule has 1 fully saturated rings. The van der Waals surface area contributed by atoms with E-state index < -0.39 is 23.8 Å². The van der Waals surface area contributed by atoms with Gasteiger partial charge in [0, 0.05) is 24.9 Å². The number of primary amides is 1. The average Bonchev–Trinajstić information content (AvgIpc) is 3.60. The highest BCUT2D eigenvalue weighted by Gasteiger charge is 2.36. The highest BCUT2D eigenvalue weighted by Crippen LogP contribution is 2.35. The Morgan fingerprint density at radius 1 is 1.21 bits per heavy atom. The third-order valence-electron chi connectivity index (χ3n) is 6.25. The molecular formula is C27H31N5O6S. The molecule has 2 aromatic carbocycles. The van der Waals surface area contributed by atoms with E-state index in [9.17, 15) is 14.4 Å². The zero-order chi connectivity index (χ0) is 27.9. The number of ether oxygens (including phenoxy) is 3. The minimum absolute atomic E-state index is 0.0190. The summed E-state index contributed by atoms with van der Waals surface area (Å²) in [5.41, 5.74) is 12.1. The summed E-state index contributed by atoms with van der Waals surface area (Å²) < 4.78 is 20.6. The van der Waals surface area contributed by atoms with Crippen molar-refractivity contribution in [1.29, 1.82) is 0 Å². The second-order valence-electron chi connectivity index (χ2n) is 8.80. The predicted octanol–water partition coefficient (Wildman–Crippen LogP) is 2.91. The molecule has 11 nitrogen and oxygen atoms in total. The number of nitrogens with two attached hydrogens (primary N) is 2. The van der Waals surface area contributed by atoms with Crippen LogP contribution in [-0.4, -0.2) is 55.1 Å². The number of nitrogen functional groups attached to an aromatic ring is 1. The van der Waals surface area contributed by atoms with Gasteiger partial charge in [-0.1, -0.05) is 18.2 Å². The SMILES string of the molecule is CCOc1ccc([C@H](C(=O)NC[C@H]2CCCO2)N(C(=O)c2snc(C(N)=O)c2N)c2cccc(OC)c2)cc1. The summed E-state index contributed by atoms with van der Waals surface area (Å²) in [7, 11) is 1.50. The topological polar surface area (TPSA) is 159 Å². The van der Waals surface area contributed by atoms with E-state index in [1.54, 1.807) is 48.5 Å². The summed E-state index contributed by atoms with van der Waals surface area (Å²) in [6.07, 6.45) is 1.65. The summed E-state index contributed by atoms with van der Waals surface area (Å²) in [4.78, 5) is 41.1. The Hall–Kier alpha value is -4.16. The molecule has 0 spiro atoms. The van der Waals surface area contributed by atoms with Gasteiger partial charge in [-0.3, -0.25) is 19.3 Å². The fourth-order valence-electron chi connectivity index (χ4n) is 4.33. The standard InChI is InChI=1S/C27H31N5O6S/c1-3-37-18-11-9-16(10-12-18)23(26(34)30-15-20-8-5-13-38-20)32(17-6-4-7-19(14-17)36-2)27(35)24-21(28)22(25(29)33)31-39-24/h4,6-7,9-12,14,20,23H,3,5,8,13,15,28H2,1-2H3,(H2,29,33)(H,30,34)/t20-,23-/m1/s1. The van der Waals surface area contributed by atoms with Crippen molar-refractivity contribution in [3.63, 3.8) is 0 Å². The molecule has 0 unspecified atom stereocenters. The summed E-state index contributed by atoms with van der Waals surface area (Å²) in [5.74, 6) is -0.809. The highest BCUT2D eigenvalue weighted by atomic mass is 32.1. The first-order chi connectivity index (χ1) is 18.8. The molecule has 3 aromatic rings. The Balaban J connectivity index is 1.82. The molecule has 2 heterocycles. The molecule has 0 saturated carbocycles. The summed E-state index contributed by atoms with van der Waals surface area (Å²) in [6, 6.07) is 12.6. The maximum atomic E-state index is 14.1. The van der Waals surface area contributed by atoms with E-state index in [0.717, 1.165) is 24.4 Å². The van der Waals surface area contributed by atoms with Gasteiger partial charge in [0.05, 0.1) is 25.5 Å². The van der Waals surface area contributed by atoms with Gasteiger partial charge in [0.1, 0.15) is 22.4 Å². The number of aromatic nitrogens is 1. The predicted molar refractivity (Wildman–Crippen MR) is 147 cm³/mol. The molecule has 1 aromatic heterocycles. The molecule has 12 heteroatoms. The number of rotatable bonds is 11. The molecule has 1 saturated heterocycles. The van der Waals surface area contributed by atoms with Crippen LogP contribution < -0.4 is 31.2 Å². The fraction of sp³-hybridized carbons (Fsp3) is 0.333. The number of anilines is 2. The van der Waals surface area contributed by atoms with Gasteiger partial charge in [0.2, 0.25) is 5.91 Å². The lowest BCUT2D eigenvalue weighted by Gasteiger charge is -2.32. The lowest BCUT2D eigenvalue weighted by atomic mass is 10.0. The van der Waals surface area contributed by atoms with Crippen molar-refractivity contribution >= 4 is 40.6 Å². The highest BCUT2D eigenvalue weighted by molar-refractivity contribution is 7.09. The third-order valence-corrected chi connectivity index (χ3v) is 7.10. The van der Waals surface area contributed by atoms with Crippen molar-refractivity contribution in [2.45, 2.75) is 31.9 Å². The van der Waals surface area contributed by atoms with E-state index in [0.29, 0.717) is 42.5 Å². The Morgan fingerprint density at radius 2 is 1.97 bits per heavy atom. The van der Waals surface area contributed by atoms with Crippen molar-refractivity contribution in [3.8, 4) is 11.5 Å². The van der Waals surface area contributed by atoms with Crippen LogP contribution in [0.1, 0.15) is 51.5 Å². The van der Waals surface area contributed by atoms with Crippen molar-refractivity contribution in [2.24, 2.45) is 5.73 Å². The number of nitrogens with zero attached hydrogens (tertiary/aromatic N) is 2. The number of hydrogen-bond acceptors (Lipinski definition) is 9. The first-order valence-corrected chi connectivity index (χ1v) is 13.3. The zero-order valence-electron chi connectivity index (χ0n) is 21.7. The molecule has 4 rings (SSSR count). The van der Waals surface area contributed by atoms with Gasteiger partial charge in [0.25, 0.3) is 11.8 Å². The molecule has 3 amide bonds. The number of nitrogens with one attached hydrogen (secondary N) is 1. The van der Waals surface area contributed by atoms with Crippen molar-refractivity contribution in [3.05, 3.63) is 64.7 Å². The van der Waals surface area contributed by atoms with Gasteiger partial charge < -0.3 is 31.0 Å². The Morgan fingerprint density at radius 3 is 2.59 bits per heavy atom. The minimum Gasteiger partial charge on any atom is -0.497 e. The molecule has 0 bridgehead atoms. The van der Waals surface area contributed by atoms with Crippen LogP contribution in [0.2, 0.25) is 0 Å². The van der Waals surface area contributed by atoms with Crippen molar-refractivity contribution in [2.75, 3.05) is 37.5 Å². The van der Waals surface area contributed by atoms with E-state index in [1.165, 1.54) is 12.0 Å². The number of hydrogen-bond donors (Lipinski definition) is 3. The van der Waals surface area contributed by atoms with Crippen molar-refractivity contribution < 1.29 is 28.6 Å². The Labute approximate surface area is 230 Å². The van der Waals surface area contributed by atoms with Crippen LogP contribution in [0.3, 0.4) is 0 Å². The van der Waals surface area contributed by atoms with E-state index in [4.69, 9.17) is 25.7 Å². The first kappa shape index (κ1) is 27.9. The van der Waals surface area contributed by atoms with E-state index in [2.05, 4.69) is 9.69 Å².